The number of carbonyl (C=O) groups is 1. The fourth-order valence-electron chi connectivity index (χ4n) is 2.55. The predicted octanol–water partition coefficient (Wildman–Crippen LogP) is 4.01. The summed E-state index contributed by atoms with van der Waals surface area (Å²) in [4.78, 5) is 13.3. The number of amides is 1. The van der Waals surface area contributed by atoms with E-state index in [0.29, 0.717) is 11.7 Å². The van der Waals surface area contributed by atoms with Crippen molar-refractivity contribution in [2.75, 3.05) is 13.7 Å². The van der Waals surface area contributed by atoms with Gasteiger partial charge < -0.3 is 10.1 Å². The lowest BCUT2D eigenvalue weighted by Gasteiger charge is -2.15. The molecular weight excluding hydrogens is 380 g/mol. The van der Waals surface area contributed by atoms with Gasteiger partial charge in [0.2, 0.25) is 5.91 Å². The zero-order valence-corrected chi connectivity index (χ0v) is 17.1. The van der Waals surface area contributed by atoms with Crippen molar-refractivity contribution < 1.29 is 9.53 Å². The van der Waals surface area contributed by atoms with Crippen molar-refractivity contribution in [2.24, 2.45) is 0 Å². The highest BCUT2D eigenvalue weighted by Crippen LogP contribution is 2.35. The average molecular weight is 403 g/mol. The maximum atomic E-state index is 12.3. The Hall–Kier alpha value is -2.32. The lowest BCUT2D eigenvalue weighted by molar-refractivity contribution is -0.120. The zero-order chi connectivity index (χ0) is 19.2. The summed E-state index contributed by atoms with van der Waals surface area (Å²) in [5, 5.41) is 14.1. The molecule has 0 saturated carbocycles. The number of para-hydroxylation sites is 2. The van der Waals surface area contributed by atoms with E-state index in [1.165, 1.54) is 11.8 Å². The van der Waals surface area contributed by atoms with Crippen LogP contribution in [0.3, 0.4) is 0 Å². The van der Waals surface area contributed by atoms with Crippen molar-refractivity contribution in [3.8, 4) is 22.1 Å². The molecule has 0 saturated heterocycles. The van der Waals surface area contributed by atoms with Crippen LogP contribution >= 0.6 is 23.1 Å². The molecule has 0 aliphatic rings. The third-order valence-corrected chi connectivity index (χ3v) is 5.81. The van der Waals surface area contributed by atoms with Crippen molar-refractivity contribution in [1.29, 1.82) is 0 Å². The number of thioether (sulfide) groups is 1. The Morgan fingerprint density at radius 2 is 2.11 bits per heavy atom. The quantitative estimate of drug-likeness (QED) is 0.577. The van der Waals surface area contributed by atoms with Gasteiger partial charge in [0, 0.05) is 6.54 Å². The predicted molar refractivity (Wildman–Crippen MR) is 110 cm³/mol. The van der Waals surface area contributed by atoms with Gasteiger partial charge >= 0.3 is 0 Å². The molecule has 142 valence electrons. The van der Waals surface area contributed by atoms with Crippen LogP contribution in [-0.2, 0) is 4.79 Å². The third-order valence-electron chi connectivity index (χ3n) is 3.90. The van der Waals surface area contributed by atoms with Crippen molar-refractivity contribution in [2.45, 2.75) is 30.7 Å². The fraction of sp³-hybridized carbons (Fsp3) is 0.316. The summed E-state index contributed by atoms with van der Waals surface area (Å²) >= 11 is 2.98. The van der Waals surface area contributed by atoms with E-state index in [0.717, 1.165) is 28.6 Å². The van der Waals surface area contributed by atoms with Crippen molar-refractivity contribution in [1.82, 2.24) is 20.1 Å². The number of nitrogens with one attached hydrogen (secondary N) is 1. The van der Waals surface area contributed by atoms with Gasteiger partial charge in [-0.1, -0.05) is 36.9 Å². The topological polar surface area (TPSA) is 69.0 Å². The number of rotatable bonds is 8. The van der Waals surface area contributed by atoms with E-state index >= 15 is 0 Å². The molecule has 2 aromatic heterocycles. The van der Waals surface area contributed by atoms with Crippen LogP contribution in [0, 0.1) is 0 Å². The Labute approximate surface area is 167 Å². The first-order chi connectivity index (χ1) is 13.2. The second kappa shape index (κ2) is 9.05. The first-order valence-electron chi connectivity index (χ1n) is 8.72. The standard InChI is InChI=1S/C19H22N4O2S2/c1-4-11-20-18(24)13(2)27-19-22-21-17(16-10-7-12-26-16)23(19)14-8-5-6-9-15(14)25-3/h5-10,12-13H,4,11H2,1-3H3,(H,20,24). The van der Waals surface area contributed by atoms with Gasteiger partial charge in [0.05, 0.1) is 22.9 Å². The van der Waals surface area contributed by atoms with Gasteiger partial charge in [-0.25, -0.2) is 0 Å². The van der Waals surface area contributed by atoms with Crippen molar-refractivity contribution in [3.63, 3.8) is 0 Å². The minimum absolute atomic E-state index is 0.00546. The Morgan fingerprint density at radius 3 is 2.81 bits per heavy atom. The maximum Gasteiger partial charge on any atom is 0.233 e. The highest BCUT2D eigenvalue weighted by Gasteiger charge is 2.23. The first kappa shape index (κ1) is 19.4. The lowest BCUT2D eigenvalue weighted by Crippen LogP contribution is -2.31. The number of benzene rings is 1. The molecule has 0 spiro atoms. The van der Waals surface area contributed by atoms with Gasteiger partial charge in [-0.2, -0.15) is 0 Å². The van der Waals surface area contributed by atoms with E-state index in [1.54, 1.807) is 18.4 Å². The smallest absolute Gasteiger partial charge is 0.233 e. The first-order valence-corrected chi connectivity index (χ1v) is 10.5. The monoisotopic (exact) mass is 402 g/mol. The molecule has 8 heteroatoms. The van der Waals surface area contributed by atoms with Crippen LogP contribution in [0.1, 0.15) is 20.3 Å². The molecule has 3 rings (SSSR count). The van der Waals surface area contributed by atoms with Crippen LogP contribution in [0.5, 0.6) is 5.75 Å². The molecule has 0 aliphatic heterocycles. The number of methoxy groups -OCH3 is 1. The van der Waals surface area contributed by atoms with Gasteiger partial charge in [-0.15, -0.1) is 21.5 Å². The molecule has 2 heterocycles. The maximum absolute atomic E-state index is 12.3. The summed E-state index contributed by atoms with van der Waals surface area (Å²) < 4.78 is 7.50. The summed E-state index contributed by atoms with van der Waals surface area (Å²) in [7, 11) is 1.64. The van der Waals surface area contributed by atoms with E-state index in [-0.39, 0.29) is 11.2 Å². The number of thiophene rings is 1. The van der Waals surface area contributed by atoms with Gasteiger partial charge in [-0.3, -0.25) is 9.36 Å². The average Bonchev–Trinajstić information content (AvgIpc) is 3.35. The molecule has 6 nitrogen and oxygen atoms in total. The van der Waals surface area contributed by atoms with Crippen LogP contribution in [0.25, 0.3) is 16.4 Å². The second-order valence-corrected chi connectivity index (χ2v) is 8.10. The zero-order valence-electron chi connectivity index (χ0n) is 15.5. The van der Waals surface area contributed by atoms with Crippen LogP contribution in [-0.4, -0.2) is 39.6 Å². The number of hydrogen-bond acceptors (Lipinski definition) is 6. The van der Waals surface area contributed by atoms with E-state index in [1.807, 2.05) is 60.2 Å². The summed E-state index contributed by atoms with van der Waals surface area (Å²) in [6, 6.07) is 11.7. The minimum atomic E-state index is -0.287. The van der Waals surface area contributed by atoms with Crippen LogP contribution in [0.2, 0.25) is 0 Å². The van der Waals surface area contributed by atoms with Gasteiger partial charge in [0.25, 0.3) is 0 Å². The summed E-state index contributed by atoms with van der Waals surface area (Å²) in [5.41, 5.74) is 0.845. The van der Waals surface area contributed by atoms with Gasteiger partial charge in [0.1, 0.15) is 5.75 Å². The Kier molecular flexibility index (Phi) is 6.52. The molecule has 1 unspecified atom stereocenters. The number of aromatic nitrogens is 3. The molecule has 3 aromatic rings. The molecule has 1 aromatic carbocycles. The van der Waals surface area contributed by atoms with Gasteiger partial charge in [0.15, 0.2) is 11.0 Å². The summed E-state index contributed by atoms with van der Waals surface area (Å²) in [5.74, 6) is 1.45. The fourth-order valence-corrected chi connectivity index (χ4v) is 4.13. The SMILES string of the molecule is CCCNC(=O)C(C)Sc1nnc(-c2cccs2)n1-c1ccccc1OC. The largest absolute Gasteiger partial charge is 0.495 e. The van der Waals surface area contributed by atoms with Crippen LogP contribution in [0.15, 0.2) is 46.9 Å². The molecule has 1 N–H and O–H groups in total. The highest BCUT2D eigenvalue weighted by molar-refractivity contribution is 8.00. The molecule has 1 atom stereocenters. The number of hydrogen-bond donors (Lipinski definition) is 1. The Morgan fingerprint density at radius 1 is 1.30 bits per heavy atom. The Bertz CT molecular complexity index is 893. The highest BCUT2D eigenvalue weighted by atomic mass is 32.2. The molecule has 27 heavy (non-hydrogen) atoms. The lowest BCUT2D eigenvalue weighted by atomic mass is 10.3. The number of carbonyl (C=O) groups excluding carboxylic acids is 1. The number of nitrogens with zero attached hydrogens (tertiary/aromatic N) is 3. The van der Waals surface area contributed by atoms with E-state index in [4.69, 9.17) is 4.74 Å². The Balaban J connectivity index is 2.01. The van der Waals surface area contributed by atoms with E-state index < -0.39 is 0 Å². The molecule has 0 radical (unpaired) electrons. The summed E-state index contributed by atoms with van der Waals surface area (Å²) in [6.45, 7) is 4.58. The van der Waals surface area contributed by atoms with Gasteiger partial charge in [-0.05, 0) is 36.9 Å². The molecule has 0 fully saturated rings. The van der Waals surface area contributed by atoms with Crippen molar-refractivity contribution >= 4 is 29.0 Å². The summed E-state index contributed by atoms with van der Waals surface area (Å²) in [6.07, 6.45) is 0.906. The normalized spacial score (nSPS) is 12.0. The number of ether oxygens (including phenoxy) is 1. The van der Waals surface area contributed by atoms with E-state index in [2.05, 4.69) is 15.5 Å². The van der Waals surface area contributed by atoms with E-state index in [9.17, 15) is 4.79 Å². The van der Waals surface area contributed by atoms with Crippen LogP contribution < -0.4 is 10.1 Å². The third kappa shape index (κ3) is 4.33. The molecular formula is C19H22N4O2S2. The van der Waals surface area contributed by atoms with Crippen LogP contribution in [0.4, 0.5) is 0 Å². The van der Waals surface area contributed by atoms with Crippen molar-refractivity contribution in [3.05, 3.63) is 41.8 Å². The molecule has 0 bridgehead atoms. The molecule has 1 amide bonds. The molecule has 0 aliphatic carbocycles. The minimum Gasteiger partial charge on any atom is -0.495 e. The second-order valence-electron chi connectivity index (χ2n) is 5.84.